The third-order valence-corrected chi connectivity index (χ3v) is 2.81. The third kappa shape index (κ3) is 1.53. The highest BCUT2D eigenvalue weighted by Gasteiger charge is 2.19. The zero-order valence-corrected chi connectivity index (χ0v) is 8.48. The van der Waals surface area contributed by atoms with Gasteiger partial charge in [-0.1, -0.05) is 0 Å². The molecule has 7 nitrogen and oxygen atoms in total. The van der Waals surface area contributed by atoms with E-state index in [4.69, 9.17) is 9.88 Å². The lowest BCUT2D eigenvalue weighted by molar-refractivity contribution is 0.313. The van der Waals surface area contributed by atoms with E-state index in [1.807, 2.05) is 0 Å². The number of nitrogens with two attached hydrogens (primary N) is 1. The summed E-state index contributed by atoms with van der Waals surface area (Å²) >= 11 is 0. The van der Waals surface area contributed by atoms with E-state index in [1.54, 1.807) is 0 Å². The summed E-state index contributed by atoms with van der Waals surface area (Å²) < 4.78 is 31.7. The molecule has 0 saturated carbocycles. The Morgan fingerprint density at radius 3 is 2.60 bits per heavy atom. The fourth-order valence-corrected chi connectivity index (χ4v) is 1.88. The van der Waals surface area contributed by atoms with Gasteiger partial charge in [0.05, 0.1) is 7.11 Å². The highest BCUT2D eigenvalue weighted by molar-refractivity contribution is 7.89. The third-order valence-electron chi connectivity index (χ3n) is 1.87. The Hall–Kier alpha value is -1.67. The second kappa shape index (κ2) is 3.17. The van der Waals surface area contributed by atoms with Crippen molar-refractivity contribution in [2.75, 3.05) is 7.11 Å². The number of rotatable bonds is 2. The van der Waals surface area contributed by atoms with Gasteiger partial charge < -0.3 is 4.74 Å². The predicted octanol–water partition coefficient (Wildman–Crippen LogP) is -0.121. The number of nitrogens with zero attached hydrogens (tertiary/aromatic N) is 2. The number of primary sulfonamides is 1. The first kappa shape index (κ1) is 9.87. The zero-order chi connectivity index (χ0) is 11.1. The molecule has 0 aliphatic carbocycles. The van der Waals surface area contributed by atoms with Crippen molar-refractivity contribution in [2.45, 2.75) is 4.90 Å². The summed E-state index contributed by atoms with van der Waals surface area (Å²) in [4.78, 5) is -0.139. The lowest BCUT2D eigenvalue weighted by Crippen LogP contribution is -2.12. The topological polar surface area (TPSA) is 108 Å². The molecule has 0 unspecified atom stereocenters. The molecule has 0 spiro atoms. The average molecular weight is 229 g/mol. The first-order valence-electron chi connectivity index (χ1n) is 3.86. The van der Waals surface area contributed by atoms with Gasteiger partial charge in [0, 0.05) is 0 Å². The van der Waals surface area contributed by atoms with E-state index in [2.05, 4.69) is 14.9 Å². The SMILES string of the molecule is COc1ccc(S(N)(=O)=O)c2nonc12. The van der Waals surface area contributed by atoms with Crippen LogP contribution in [0.4, 0.5) is 0 Å². The highest BCUT2D eigenvalue weighted by Crippen LogP contribution is 2.27. The van der Waals surface area contributed by atoms with Gasteiger partial charge in [-0.25, -0.2) is 18.2 Å². The van der Waals surface area contributed by atoms with E-state index in [9.17, 15) is 8.42 Å². The Balaban J connectivity index is 2.86. The lowest BCUT2D eigenvalue weighted by Gasteiger charge is -2.01. The van der Waals surface area contributed by atoms with Crippen molar-refractivity contribution in [1.82, 2.24) is 10.3 Å². The number of benzene rings is 1. The van der Waals surface area contributed by atoms with Crippen LogP contribution in [0.15, 0.2) is 21.7 Å². The Kier molecular flexibility index (Phi) is 2.09. The lowest BCUT2D eigenvalue weighted by atomic mass is 10.3. The minimum absolute atomic E-state index is 0.0665. The van der Waals surface area contributed by atoms with Crippen LogP contribution in [-0.4, -0.2) is 25.8 Å². The number of hydrogen-bond acceptors (Lipinski definition) is 6. The van der Waals surface area contributed by atoms with Crippen LogP contribution in [0.25, 0.3) is 11.0 Å². The van der Waals surface area contributed by atoms with Gasteiger partial charge in [-0.05, 0) is 22.4 Å². The Morgan fingerprint density at radius 2 is 2.00 bits per heavy atom. The highest BCUT2D eigenvalue weighted by atomic mass is 32.2. The number of ether oxygens (including phenoxy) is 1. The van der Waals surface area contributed by atoms with Crippen molar-refractivity contribution >= 4 is 21.1 Å². The average Bonchev–Trinajstić information content (AvgIpc) is 2.62. The summed E-state index contributed by atoms with van der Waals surface area (Å²) in [5.41, 5.74) is 0.292. The fraction of sp³-hybridized carbons (Fsp3) is 0.143. The molecule has 0 bridgehead atoms. The van der Waals surface area contributed by atoms with Crippen LogP contribution in [0.5, 0.6) is 5.75 Å². The number of methoxy groups -OCH3 is 1. The summed E-state index contributed by atoms with van der Waals surface area (Å²) in [5.74, 6) is 0.374. The number of sulfonamides is 1. The molecule has 2 N–H and O–H groups in total. The van der Waals surface area contributed by atoms with Crippen molar-refractivity contribution in [1.29, 1.82) is 0 Å². The standard InChI is InChI=1S/C7H7N3O4S/c1-13-4-2-3-5(15(8,11)12)7-6(4)9-14-10-7/h2-3H,1H3,(H2,8,11,12). The summed E-state index contributed by atoms with van der Waals surface area (Å²) in [6.07, 6.45) is 0. The molecule has 8 heteroatoms. The molecule has 0 fully saturated rings. The molecular formula is C7H7N3O4S. The fourth-order valence-electron chi connectivity index (χ4n) is 1.22. The molecule has 0 radical (unpaired) electrons. The summed E-state index contributed by atoms with van der Waals surface area (Å²) in [6, 6.07) is 2.73. The summed E-state index contributed by atoms with van der Waals surface area (Å²) in [6.45, 7) is 0. The van der Waals surface area contributed by atoms with Crippen LogP contribution in [0.3, 0.4) is 0 Å². The van der Waals surface area contributed by atoms with E-state index < -0.39 is 10.0 Å². The van der Waals surface area contributed by atoms with Crippen molar-refractivity contribution in [2.24, 2.45) is 5.14 Å². The maximum Gasteiger partial charge on any atom is 0.240 e. The van der Waals surface area contributed by atoms with Crippen molar-refractivity contribution < 1.29 is 17.8 Å². The maximum absolute atomic E-state index is 11.2. The Labute approximate surface area is 84.8 Å². The van der Waals surface area contributed by atoms with Crippen molar-refractivity contribution in [3.05, 3.63) is 12.1 Å². The molecule has 0 aliphatic rings. The van der Waals surface area contributed by atoms with E-state index in [1.165, 1.54) is 19.2 Å². The smallest absolute Gasteiger partial charge is 0.240 e. The molecule has 80 valence electrons. The molecule has 2 aromatic rings. The molecular weight excluding hydrogens is 222 g/mol. The molecule has 0 aliphatic heterocycles. The van der Waals surface area contributed by atoms with Crippen LogP contribution in [-0.2, 0) is 10.0 Å². The van der Waals surface area contributed by atoms with E-state index in [-0.39, 0.29) is 15.9 Å². The first-order valence-corrected chi connectivity index (χ1v) is 5.40. The van der Waals surface area contributed by atoms with Crippen LogP contribution in [0, 0.1) is 0 Å². The van der Waals surface area contributed by atoms with E-state index >= 15 is 0 Å². The number of hydrogen-bond donors (Lipinski definition) is 1. The van der Waals surface area contributed by atoms with Crippen LogP contribution in [0.2, 0.25) is 0 Å². The van der Waals surface area contributed by atoms with Gasteiger partial charge in [-0.15, -0.1) is 0 Å². The van der Waals surface area contributed by atoms with Crippen LogP contribution < -0.4 is 9.88 Å². The monoisotopic (exact) mass is 229 g/mol. The van der Waals surface area contributed by atoms with E-state index in [0.717, 1.165) is 0 Å². The van der Waals surface area contributed by atoms with Gasteiger partial charge in [-0.2, -0.15) is 0 Å². The van der Waals surface area contributed by atoms with Gasteiger partial charge in [0.1, 0.15) is 10.6 Å². The molecule has 0 atom stereocenters. The van der Waals surface area contributed by atoms with Crippen LogP contribution in [0.1, 0.15) is 0 Å². The van der Waals surface area contributed by atoms with Gasteiger partial charge in [-0.3, -0.25) is 0 Å². The summed E-state index contributed by atoms with van der Waals surface area (Å²) in [5, 5.41) is 12.0. The second-order valence-electron chi connectivity index (χ2n) is 2.77. The molecule has 1 heterocycles. The van der Waals surface area contributed by atoms with Crippen LogP contribution >= 0.6 is 0 Å². The zero-order valence-electron chi connectivity index (χ0n) is 7.67. The molecule has 15 heavy (non-hydrogen) atoms. The molecule has 2 rings (SSSR count). The van der Waals surface area contributed by atoms with Gasteiger partial charge in [0.15, 0.2) is 11.0 Å². The van der Waals surface area contributed by atoms with Gasteiger partial charge >= 0.3 is 0 Å². The largest absolute Gasteiger partial charge is 0.494 e. The normalized spacial score (nSPS) is 11.9. The second-order valence-corrected chi connectivity index (χ2v) is 4.30. The quantitative estimate of drug-likeness (QED) is 0.768. The van der Waals surface area contributed by atoms with Gasteiger partial charge in [0.2, 0.25) is 10.0 Å². The minimum atomic E-state index is -3.84. The Morgan fingerprint density at radius 1 is 1.33 bits per heavy atom. The van der Waals surface area contributed by atoms with Crippen molar-refractivity contribution in [3.63, 3.8) is 0 Å². The predicted molar refractivity (Wildman–Crippen MR) is 49.7 cm³/mol. The first-order chi connectivity index (χ1) is 7.04. The molecule has 0 amide bonds. The molecule has 1 aromatic heterocycles. The molecule has 1 aromatic carbocycles. The number of fused-ring (bicyclic) bond motifs is 1. The summed E-state index contributed by atoms with van der Waals surface area (Å²) in [7, 11) is -2.41. The Bertz CT molecular complexity index is 604. The minimum Gasteiger partial charge on any atom is -0.494 e. The van der Waals surface area contributed by atoms with E-state index in [0.29, 0.717) is 5.75 Å². The van der Waals surface area contributed by atoms with Gasteiger partial charge in [0.25, 0.3) is 0 Å². The number of aromatic nitrogens is 2. The molecule has 0 saturated heterocycles. The van der Waals surface area contributed by atoms with Crippen molar-refractivity contribution in [3.8, 4) is 5.75 Å². The maximum atomic E-state index is 11.2.